The van der Waals surface area contributed by atoms with Crippen LogP contribution >= 0.6 is 0 Å². The summed E-state index contributed by atoms with van der Waals surface area (Å²) in [5, 5.41) is 12.0. The fourth-order valence-electron chi connectivity index (χ4n) is 4.07. The highest BCUT2D eigenvalue weighted by Gasteiger charge is 2.22. The third kappa shape index (κ3) is 5.05. The van der Waals surface area contributed by atoms with Crippen molar-refractivity contribution in [2.75, 3.05) is 14.2 Å². The van der Waals surface area contributed by atoms with Gasteiger partial charge in [0.2, 0.25) is 5.91 Å². The molecule has 1 aliphatic heterocycles. The Morgan fingerprint density at radius 1 is 1.10 bits per heavy atom. The smallest absolute Gasteiger partial charge is 0.224 e. The first-order chi connectivity index (χ1) is 15.2. The molecule has 4 rings (SSSR count). The average molecular weight is 421 g/mol. The summed E-state index contributed by atoms with van der Waals surface area (Å²) in [5.74, 6) is 3.36. The Bertz CT molecular complexity index is 1030. The molecule has 162 valence electrons. The number of methoxy groups -OCH3 is 2. The maximum Gasteiger partial charge on any atom is 0.224 e. The second-order valence-electron chi connectivity index (χ2n) is 7.79. The van der Waals surface area contributed by atoms with Crippen LogP contribution < -0.4 is 14.8 Å². The first-order valence-corrected chi connectivity index (χ1v) is 10.6. The molecule has 1 aromatic heterocycles. The summed E-state index contributed by atoms with van der Waals surface area (Å²) in [7, 11) is 3.22. The van der Waals surface area contributed by atoms with Crippen LogP contribution in [0.5, 0.6) is 11.5 Å². The topological polar surface area (TPSA) is 78.3 Å². The maximum atomic E-state index is 12.7. The Labute approximate surface area is 182 Å². The Hall–Kier alpha value is -3.35. The minimum Gasteiger partial charge on any atom is -0.497 e. The van der Waals surface area contributed by atoms with Gasteiger partial charge in [-0.2, -0.15) is 0 Å². The highest BCUT2D eigenvalue weighted by atomic mass is 16.5. The van der Waals surface area contributed by atoms with Gasteiger partial charge in [0.15, 0.2) is 0 Å². The molecule has 1 atom stereocenters. The van der Waals surface area contributed by atoms with Gasteiger partial charge >= 0.3 is 0 Å². The minimum atomic E-state index is -0.0151. The molecule has 0 bridgehead atoms. The van der Waals surface area contributed by atoms with Gasteiger partial charge in [-0.1, -0.05) is 30.3 Å². The lowest BCUT2D eigenvalue weighted by Gasteiger charge is -2.17. The van der Waals surface area contributed by atoms with Crippen molar-refractivity contribution in [2.24, 2.45) is 0 Å². The number of nitrogens with zero attached hydrogens (tertiary/aromatic N) is 3. The van der Waals surface area contributed by atoms with Crippen molar-refractivity contribution in [1.82, 2.24) is 20.1 Å². The average Bonchev–Trinajstić information content (AvgIpc) is 3.05. The van der Waals surface area contributed by atoms with Crippen molar-refractivity contribution in [3.05, 3.63) is 71.3 Å². The number of carbonyl (C=O) groups is 1. The van der Waals surface area contributed by atoms with Crippen LogP contribution in [0.2, 0.25) is 0 Å². The lowest BCUT2D eigenvalue weighted by atomic mass is 10.1. The number of aromatic nitrogens is 3. The van der Waals surface area contributed by atoms with Crippen LogP contribution in [0.15, 0.2) is 48.5 Å². The van der Waals surface area contributed by atoms with Crippen molar-refractivity contribution in [2.45, 2.75) is 44.7 Å². The van der Waals surface area contributed by atoms with E-state index in [1.54, 1.807) is 14.2 Å². The second-order valence-corrected chi connectivity index (χ2v) is 7.79. The molecule has 1 unspecified atom stereocenters. The number of ether oxygens (including phenoxy) is 2. The summed E-state index contributed by atoms with van der Waals surface area (Å²) in [6.45, 7) is 0.803. The van der Waals surface area contributed by atoms with Crippen LogP contribution in [0.25, 0.3) is 0 Å². The number of nitrogens with one attached hydrogen (secondary N) is 1. The molecule has 2 heterocycles. The number of hydrogen-bond acceptors (Lipinski definition) is 5. The molecular weight excluding hydrogens is 392 g/mol. The van der Waals surface area contributed by atoms with Gasteiger partial charge in [-0.15, -0.1) is 10.2 Å². The van der Waals surface area contributed by atoms with Gasteiger partial charge in [-0.05, 0) is 36.6 Å². The zero-order valence-electron chi connectivity index (χ0n) is 18.0. The number of carbonyl (C=O) groups excluding carboxylic acids is 1. The van der Waals surface area contributed by atoms with Crippen LogP contribution in [-0.4, -0.2) is 40.9 Å². The molecule has 0 saturated heterocycles. The molecule has 1 aliphatic rings. The van der Waals surface area contributed by atoms with Gasteiger partial charge in [0.1, 0.15) is 23.1 Å². The molecule has 1 N–H and O–H groups in total. The quantitative estimate of drug-likeness (QED) is 0.636. The summed E-state index contributed by atoms with van der Waals surface area (Å²) in [6.07, 6.45) is 3.52. The van der Waals surface area contributed by atoms with Crippen LogP contribution in [0.3, 0.4) is 0 Å². The molecule has 0 aliphatic carbocycles. The van der Waals surface area contributed by atoms with Crippen LogP contribution in [0.1, 0.15) is 35.6 Å². The highest BCUT2D eigenvalue weighted by Crippen LogP contribution is 2.24. The monoisotopic (exact) mass is 420 g/mol. The zero-order valence-corrected chi connectivity index (χ0v) is 18.0. The Morgan fingerprint density at radius 2 is 1.94 bits per heavy atom. The summed E-state index contributed by atoms with van der Waals surface area (Å²) >= 11 is 0. The molecule has 0 radical (unpaired) electrons. The van der Waals surface area contributed by atoms with Gasteiger partial charge in [0.25, 0.3) is 0 Å². The summed E-state index contributed by atoms with van der Waals surface area (Å²) in [6, 6.07) is 15.9. The second kappa shape index (κ2) is 9.64. The van der Waals surface area contributed by atoms with Crippen molar-refractivity contribution in [3.63, 3.8) is 0 Å². The van der Waals surface area contributed by atoms with E-state index >= 15 is 0 Å². The molecule has 0 spiro atoms. The first kappa shape index (κ1) is 20.9. The Kier molecular flexibility index (Phi) is 6.50. The number of amides is 1. The molecule has 3 aromatic rings. The Balaban J connectivity index is 1.37. The lowest BCUT2D eigenvalue weighted by molar-refractivity contribution is -0.121. The van der Waals surface area contributed by atoms with Gasteiger partial charge in [-0.25, -0.2) is 0 Å². The maximum absolute atomic E-state index is 12.7. The summed E-state index contributed by atoms with van der Waals surface area (Å²) in [4.78, 5) is 12.7. The molecule has 7 heteroatoms. The number of rotatable bonds is 7. The van der Waals surface area contributed by atoms with Gasteiger partial charge < -0.3 is 19.4 Å². The predicted molar refractivity (Wildman–Crippen MR) is 117 cm³/mol. The first-order valence-electron chi connectivity index (χ1n) is 10.6. The van der Waals surface area contributed by atoms with Crippen molar-refractivity contribution >= 4 is 5.91 Å². The number of benzene rings is 2. The van der Waals surface area contributed by atoms with Crippen LogP contribution in [0.4, 0.5) is 0 Å². The molecule has 0 fully saturated rings. The third-order valence-corrected chi connectivity index (χ3v) is 5.73. The molecule has 2 aromatic carbocycles. The van der Waals surface area contributed by atoms with Gasteiger partial charge in [0, 0.05) is 31.0 Å². The van der Waals surface area contributed by atoms with E-state index in [0.29, 0.717) is 11.5 Å². The predicted octanol–water partition coefficient (Wildman–Crippen LogP) is 2.95. The molecule has 0 saturated carbocycles. The zero-order chi connectivity index (χ0) is 21.6. The molecule has 7 nitrogen and oxygen atoms in total. The molecule has 31 heavy (non-hydrogen) atoms. The van der Waals surface area contributed by atoms with E-state index in [9.17, 15) is 4.79 Å². The van der Waals surface area contributed by atoms with Crippen LogP contribution in [-0.2, 0) is 30.6 Å². The summed E-state index contributed by atoms with van der Waals surface area (Å²) < 4.78 is 12.9. The van der Waals surface area contributed by atoms with Crippen molar-refractivity contribution in [1.29, 1.82) is 0 Å². The minimum absolute atomic E-state index is 0.0151. The fourth-order valence-corrected chi connectivity index (χ4v) is 4.07. The SMILES string of the molecule is COc1ccc(OC)c(CC(=O)NC2CCc3nnc(Cc4ccccc4)n3CC2)c1. The van der Waals surface area contributed by atoms with E-state index in [1.165, 1.54) is 5.56 Å². The standard InChI is InChI=1S/C24H28N4O3/c1-30-20-9-10-21(31-2)18(15-20)16-24(29)25-19-8-11-22-26-27-23(28(22)13-12-19)14-17-6-4-3-5-7-17/h3-7,9-10,15,19H,8,11-14,16H2,1-2H3,(H,25,29). The number of hydrogen-bond donors (Lipinski definition) is 1. The van der Waals surface area contributed by atoms with Crippen molar-refractivity contribution in [3.8, 4) is 11.5 Å². The fraction of sp³-hybridized carbons (Fsp3) is 0.375. The van der Waals surface area contributed by atoms with E-state index in [1.807, 2.05) is 36.4 Å². The normalized spacial score (nSPS) is 15.6. The van der Waals surface area contributed by atoms with Crippen LogP contribution in [0, 0.1) is 0 Å². The molecular formula is C24H28N4O3. The highest BCUT2D eigenvalue weighted by molar-refractivity contribution is 5.79. The van der Waals surface area contributed by atoms with E-state index in [-0.39, 0.29) is 18.4 Å². The van der Waals surface area contributed by atoms with E-state index in [0.717, 1.165) is 49.4 Å². The lowest BCUT2D eigenvalue weighted by Crippen LogP contribution is -2.36. The van der Waals surface area contributed by atoms with Gasteiger partial charge in [0.05, 0.1) is 20.6 Å². The largest absolute Gasteiger partial charge is 0.497 e. The van der Waals surface area contributed by atoms with Crippen molar-refractivity contribution < 1.29 is 14.3 Å². The van der Waals surface area contributed by atoms with Gasteiger partial charge in [-0.3, -0.25) is 4.79 Å². The Morgan fingerprint density at radius 3 is 2.71 bits per heavy atom. The van der Waals surface area contributed by atoms with E-state index in [4.69, 9.17) is 9.47 Å². The third-order valence-electron chi connectivity index (χ3n) is 5.73. The summed E-state index contributed by atoms with van der Waals surface area (Å²) in [5.41, 5.74) is 2.04. The number of aryl methyl sites for hydroxylation is 1. The number of fused-ring (bicyclic) bond motifs is 1. The van der Waals surface area contributed by atoms with E-state index < -0.39 is 0 Å². The van der Waals surface area contributed by atoms with E-state index in [2.05, 4.69) is 32.2 Å². The molecule has 1 amide bonds.